The molecule has 1 aromatic carbocycles. The second kappa shape index (κ2) is 7.87. The second-order valence-electron chi connectivity index (χ2n) is 5.55. The van der Waals surface area contributed by atoms with E-state index in [1.807, 2.05) is 24.3 Å². The predicted octanol–water partition coefficient (Wildman–Crippen LogP) is 3.18. The molecule has 2 rings (SSSR count). The summed E-state index contributed by atoms with van der Waals surface area (Å²) < 4.78 is 5.75. The van der Waals surface area contributed by atoms with Crippen LogP contribution in [0.1, 0.15) is 25.7 Å². The van der Waals surface area contributed by atoms with Crippen LogP contribution < -0.4 is 10.1 Å². The Hall–Kier alpha value is -0.770. The number of rotatable bonds is 6. The summed E-state index contributed by atoms with van der Waals surface area (Å²) in [6.07, 6.45) is 5.09. The average molecular weight is 297 g/mol. The SMILES string of the molecule is CNC1CCC(N(C)CCOc2ccccc2Cl)CC1. The normalized spacial score (nSPS) is 23.0. The molecule has 1 aliphatic carbocycles. The Kier molecular flexibility index (Phi) is 6.14. The smallest absolute Gasteiger partial charge is 0.137 e. The van der Waals surface area contributed by atoms with Crippen molar-refractivity contribution in [2.75, 3.05) is 27.2 Å². The van der Waals surface area contributed by atoms with Gasteiger partial charge in [-0.2, -0.15) is 0 Å². The third-order valence-corrected chi connectivity index (χ3v) is 4.58. The van der Waals surface area contributed by atoms with Crippen LogP contribution in [-0.2, 0) is 0 Å². The number of likely N-dealkylation sites (N-methyl/N-ethyl adjacent to an activating group) is 1. The van der Waals surface area contributed by atoms with Crippen molar-refractivity contribution in [3.8, 4) is 5.75 Å². The Morgan fingerprint density at radius 2 is 1.95 bits per heavy atom. The van der Waals surface area contributed by atoms with Gasteiger partial charge in [0, 0.05) is 18.6 Å². The Morgan fingerprint density at radius 1 is 1.25 bits per heavy atom. The molecule has 20 heavy (non-hydrogen) atoms. The number of nitrogens with one attached hydrogen (secondary N) is 1. The molecule has 0 amide bonds. The van der Waals surface area contributed by atoms with Crippen molar-refractivity contribution in [1.82, 2.24) is 10.2 Å². The Labute approximate surface area is 127 Å². The first-order valence-electron chi connectivity index (χ1n) is 7.45. The zero-order valence-corrected chi connectivity index (χ0v) is 13.2. The lowest BCUT2D eigenvalue weighted by Crippen LogP contribution is -2.41. The number of hydrogen-bond donors (Lipinski definition) is 1. The topological polar surface area (TPSA) is 24.5 Å². The molecule has 0 radical (unpaired) electrons. The highest BCUT2D eigenvalue weighted by molar-refractivity contribution is 6.32. The molecular formula is C16H25ClN2O. The largest absolute Gasteiger partial charge is 0.491 e. The molecule has 0 unspecified atom stereocenters. The van der Waals surface area contributed by atoms with Gasteiger partial charge in [-0.25, -0.2) is 0 Å². The van der Waals surface area contributed by atoms with Gasteiger partial charge in [-0.15, -0.1) is 0 Å². The third-order valence-electron chi connectivity index (χ3n) is 4.27. The van der Waals surface area contributed by atoms with E-state index in [0.717, 1.165) is 12.3 Å². The number of nitrogens with zero attached hydrogens (tertiary/aromatic N) is 1. The van der Waals surface area contributed by atoms with Gasteiger partial charge < -0.3 is 15.0 Å². The first kappa shape index (κ1) is 15.6. The minimum atomic E-state index is 0.685. The summed E-state index contributed by atoms with van der Waals surface area (Å²) in [6.45, 7) is 1.63. The van der Waals surface area contributed by atoms with Crippen molar-refractivity contribution in [3.63, 3.8) is 0 Å². The van der Waals surface area contributed by atoms with Crippen LogP contribution >= 0.6 is 11.6 Å². The van der Waals surface area contributed by atoms with E-state index < -0.39 is 0 Å². The monoisotopic (exact) mass is 296 g/mol. The van der Waals surface area contributed by atoms with Crippen LogP contribution in [0.15, 0.2) is 24.3 Å². The maximum atomic E-state index is 6.07. The summed E-state index contributed by atoms with van der Waals surface area (Å²) in [4.78, 5) is 2.42. The van der Waals surface area contributed by atoms with Gasteiger partial charge >= 0.3 is 0 Å². The molecule has 0 aromatic heterocycles. The van der Waals surface area contributed by atoms with Gasteiger partial charge in [0.05, 0.1) is 5.02 Å². The summed E-state index contributed by atoms with van der Waals surface area (Å²) in [5.74, 6) is 0.779. The molecule has 1 aromatic rings. The quantitative estimate of drug-likeness (QED) is 0.872. The van der Waals surface area contributed by atoms with E-state index in [0.29, 0.717) is 23.7 Å². The summed E-state index contributed by atoms with van der Waals surface area (Å²) in [5.41, 5.74) is 0. The molecule has 0 saturated heterocycles. The minimum absolute atomic E-state index is 0.685. The van der Waals surface area contributed by atoms with Crippen molar-refractivity contribution in [2.45, 2.75) is 37.8 Å². The first-order chi connectivity index (χ1) is 9.70. The fraction of sp³-hybridized carbons (Fsp3) is 0.625. The van der Waals surface area contributed by atoms with Gasteiger partial charge in [0.15, 0.2) is 0 Å². The lowest BCUT2D eigenvalue weighted by Gasteiger charge is -2.34. The van der Waals surface area contributed by atoms with E-state index in [1.54, 1.807) is 0 Å². The molecule has 4 heteroatoms. The zero-order valence-electron chi connectivity index (χ0n) is 12.4. The van der Waals surface area contributed by atoms with Gasteiger partial charge in [-0.1, -0.05) is 23.7 Å². The van der Waals surface area contributed by atoms with Gasteiger partial charge in [-0.05, 0) is 51.9 Å². The number of hydrogen-bond acceptors (Lipinski definition) is 3. The molecule has 1 saturated carbocycles. The average Bonchev–Trinajstić information content (AvgIpc) is 2.49. The molecule has 3 nitrogen and oxygen atoms in total. The lowest BCUT2D eigenvalue weighted by atomic mass is 9.90. The molecular weight excluding hydrogens is 272 g/mol. The molecule has 1 N–H and O–H groups in total. The standard InChI is InChI=1S/C16H25ClN2O/c1-18-13-7-9-14(10-8-13)19(2)11-12-20-16-6-4-3-5-15(16)17/h3-6,13-14,18H,7-12H2,1-2H3. The molecule has 1 aliphatic rings. The summed E-state index contributed by atoms with van der Waals surface area (Å²) in [7, 11) is 4.26. The van der Waals surface area contributed by atoms with E-state index >= 15 is 0 Å². The number of benzene rings is 1. The maximum Gasteiger partial charge on any atom is 0.137 e. The van der Waals surface area contributed by atoms with E-state index in [1.165, 1.54) is 25.7 Å². The van der Waals surface area contributed by atoms with Crippen LogP contribution in [0.25, 0.3) is 0 Å². The second-order valence-corrected chi connectivity index (χ2v) is 5.96. The van der Waals surface area contributed by atoms with Crippen LogP contribution in [0.4, 0.5) is 0 Å². The van der Waals surface area contributed by atoms with Crippen LogP contribution in [0.5, 0.6) is 5.75 Å². The molecule has 112 valence electrons. The summed E-state index contributed by atoms with van der Waals surface area (Å²) in [6, 6.07) is 9.04. The Bertz CT molecular complexity index is 405. The summed E-state index contributed by atoms with van der Waals surface area (Å²) >= 11 is 6.07. The van der Waals surface area contributed by atoms with Crippen LogP contribution in [0, 0.1) is 0 Å². The fourth-order valence-corrected chi connectivity index (χ4v) is 3.04. The van der Waals surface area contributed by atoms with Gasteiger partial charge in [0.25, 0.3) is 0 Å². The van der Waals surface area contributed by atoms with E-state index in [4.69, 9.17) is 16.3 Å². The Morgan fingerprint density at radius 3 is 2.60 bits per heavy atom. The van der Waals surface area contributed by atoms with Gasteiger partial charge in [0.2, 0.25) is 0 Å². The van der Waals surface area contributed by atoms with Crippen molar-refractivity contribution >= 4 is 11.6 Å². The highest BCUT2D eigenvalue weighted by Gasteiger charge is 2.22. The van der Waals surface area contributed by atoms with Crippen LogP contribution in [0.3, 0.4) is 0 Å². The molecule has 1 fully saturated rings. The minimum Gasteiger partial charge on any atom is -0.491 e. The van der Waals surface area contributed by atoms with Crippen molar-refractivity contribution in [1.29, 1.82) is 0 Å². The molecule has 0 bridgehead atoms. The van der Waals surface area contributed by atoms with E-state index in [9.17, 15) is 0 Å². The van der Waals surface area contributed by atoms with Gasteiger partial charge in [-0.3, -0.25) is 0 Å². The van der Waals surface area contributed by atoms with Crippen molar-refractivity contribution < 1.29 is 4.74 Å². The van der Waals surface area contributed by atoms with Gasteiger partial charge in [0.1, 0.15) is 12.4 Å². The molecule has 0 spiro atoms. The molecule has 0 atom stereocenters. The molecule has 0 aliphatic heterocycles. The lowest BCUT2D eigenvalue weighted by molar-refractivity contribution is 0.150. The fourth-order valence-electron chi connectivity index (χ4n) is 2.85. The van der Waals surface area contributed by atoms with Crippen LogP contribution in [-0.4, -0.2) is 44.2 Å². The maximum absolute atomic E-state index is 6.07. The number of para-hydroxylation sites is 1. The van der Waals surface area contributed by atoms with Crippen LogP contribution in [0.2, 0.25) is 5.02 Å². The van der Waals surface area contributed by atoms with Crippen molar-refractivity contribution in [2.24, 2.45) is 0 Å². The number of halogens is 1. The zero-order chi connectivity index (χ0) is 14.4. The third kappa shape index (κ3) is 4.37. The number of ether oxygens (including phenoxy) is 1. The highest BCUT2D eigenvalue weighted by Crippen LogP contribution is 2.24. The molecule has 0 heterocycles. The van der Waals surface area contributed by atoms with E-state index in [2.05, 4.69) is 24.3 Å². The van der Waals surface area contributed by atoms with E-state index in [-0.39, 0.29) is 0 Å². The summed E-state index contributed by atoms with van der Waals surface area (Å²) in [5, 5.41) is 4.06. The predicted molar refractivity (Wildman–Crippen MR) is 84.7 cm³/mol. The first-order valence-corrected chi connectivity index (χ1v) is 7.83. The Balaban J connectivity index is 1.70. The van der Waals surface area contributed by atoms with Crippen molar-refractivity contribution in [3.05, 3.63) is 29.3 Å². The highest BCUT2D eigenvalue weighted by atomic mass is 35.5.